The van der Waals surface area contributed by atoms with Crippen LogP contribution in [0.1, 0.15) is 79.0 Å². The second kappa shape index (κ2) is 19.2. The van der Waals surface area contributed by atoms with Gasteiger partial charge in [0, 0.05) is 87.3 Å². The van der Waals surface area contributed by atoms with Gasteiger partial charge in [0.1, 0.15) is 0 Å². The van der Waals surface area contributed by atoms with Crippen LogP contribution < -0.4 is 0 Å². The van der Waals surface area contributed by atoms with Gasteiger partial charge in [0.25, 0.3) is 0 Å². The van der Waals surface area contributed by atoms with E-state index in [-0.39, 0.29) is 16.2 Å². The Morgan fingerprint density at radius 1 is 0.236 bits per heavy atom. The van der Waals surface area contributed by atoms with Crippen LogP contribution >= 0.6 is 0 Å². The maximum atomic E-state index is 5.06. The molecule has 0 bridgehead atoms. The second-order valence-electron chi connectivity index (χ2n) is 21.8. The summed E-state index contributed by atoms with van der Waals surface area (Å²) in [6.07, 6.45) is 11.4. The van der Waals surface area contributed by atoms with E-state index in [1.165, 1.54) is 16.7 Å². The monoisotopic (exact) mass is 936 g/mol. The van der Waals surface area contributed by atoms with Crippen LogP contribution in [0.15, 0.2) is 201 Å². The van der Waals surface area contributed by atoms with E-state index in [2.05, 4.69) is 208 Å². The average molecular weight is 937 g/mol. The molecule has 0 radical (unpaired) electrons. The summed E-state index contributed by atoms with van der Waals surface area (Å²) in [4.78, 5) is 29.4. The molecule has 6 nitrogen and oxygen atoms in total. The molecule has 0 amide bonds. The minimum Gasteiger partial charge on any atom is -0.256 e. The molecule has 0 N–H and O–H groups in total. The topological polar surface area (TPSA) is 77.3 Å². The number of benzene rings is 4. The number of hydrogen-bond donors (Lipinski definition) is 0. The predicted octanol–water partition coefficient (Wildman–Crippen LogP) is 17.0. The van der Waals surface area contributed by atoms with Crippen LogP contribution in [0.25, 0.3) is 101 Å². The van der Waals surface area contributed by atoms with Crippen LogP contribution in [-0.4, -0.2) is 29.9 Å². The smallest absolute Gasteiger partial charge is 0.0780 e. The Balaban J connectivity index is 1.09. The summed E-state index contributed by atoms with van der Waals surface area (Å²) in [5, 5.41) is 0. The van der Waals surface area contributed by atoms with Crippen LogP contribution in [0.3, 0.4) is 0 Å². The molecule has 0 aliphatic rings. The van der Waals surface area contributed by atoms with Gasteiger partial charge in [-0.05, 0) is 122 Å². The number of hydrogen-bond acceptors (Lipinski definition) is 6. The van der Waals surface area contributed by atoms with Crippen LogP contribution in [-0.2, 0) is 16.2 Å². The molecule has 6 heteroatoms. The molecule has 72 heavy (non-hydrogen) atoms. The molecule has 0 unspecified atom stereocenters. The molecule has 6 aromatic heterocycles. The van der Waals surface area contributed by atoms with E-state index in [9.17, 15) is 0 Å². The van der Waals surface area contributed by atoms with Crippen molar-refractivity contribution in [1.29, 1.82) is 0 Å². The molecule has 0 atom stereocenters. The molecule has 10 rings (SSSR count). The number of rotatable bonds is 9. The van der Waals surface area contributed by atoms with Gasteiger partial charge in [-0.15, -0.1) is 0 Å². The summed E-state index contributed by atoms with van der Waals surface area (Å²) in [6, 6.07) is 58.2. The first-order valence-corrected chi connectivity index (χ1v) is 24.8. The van der Waals surface area contributed by atoms with Crippen LogP contribution in [0, 0.1) is 0 Å². The summed E-state index contributed by atoms with van der Waals surface area (Å²) >= 11 is 0. The molecule has 0 saturated carbocycles. The first-order valence-electron chi connectivity index (χ1n) is 24.8. The molecule has 0 spiro atoms. The lowest BCUT2D eigenvalue weighted by Gasteiger charge is -2.19. The third-order valence-electron chi connectivity index (χ3n) is 13.5. The maximum Gasteiger partial charge on any atom is 0.0780 e. The molecular formula is C66H60N6. The van der Waals surface area contributed by atoms with Crippen LogP contribution in [0.5, 0.6) is 0 Å². The highest BCUT2D eigenvalue weighted by atomic mass is 14.7. The quantitative estimate of drug-likeness (QED) is 0.143. The van der Waals surface area contributed by atoms with Crippen molar-refractivity contribution < 1.29 is 0 Å². The summed E-state index contributed by atoms with van der Waals surface area (Å²) in [6.45, 7) is 20.1. The van der Waals surface area contributed by atoms with E-state index in [0.29, 0.717) is 0 Å². The molecule has 354 valence electrons. The van der Waals surface area contributed by atoms with Crippen molar-refractivity contribution in [2.24, 2.45) is 0 Å². The van der Waals surface area contributed by atoms with Gasteiger partial charge in [0.15, 0.2) is 0 Å². The maximum absolute atomic E-state index is 5.06. The molecule has 0 saturated heterocycles. The normalized spacial score (nSPS) is 12.0. The van der Waals surface area contributed by atoms with E-state index in [1.54, 1.807) is 0 Å². The lowest BCUT2D eigenvalue weighted by Crippen LogP contribution is -2.11. The van der Waals surface area contributed by atoms with Gasteiger partial charge in [-0.2, -0.15) is 0 Å². The summed E-state index contributed by atoms with van der Waals surface area (Å²) in [5.41, 5.74) is 21.7. The Morgan fingerprint density at radius 3 is 0.736 bits per heavy atom. The van der Waals surface area contributed by atoms with E-state index >= 15 is 0 Å². The van der Waals surface area contributed by atoms with Gasteiger partial charge >= 0.3 is 0 Å². The molecule has 0 aliphatic carbocycles. The zero-order valence-corrected chi connectivity index (χ0v) is 42.7. The zero-order valence-electron chi connectivity index (χ0n) is 42.7. The van der Waals surface area contributed by atoms with Crippen molar-refractivity contribution in [1.82, 2.24) is 29.9 Å². The third kappa shape index (κ3) is 10.0. The first kappa shape index (κ1) is 47.5. The fraction of sp³-hybridized carbons (Fsp3) is 0.182. The van der Waals surface area contributed by atoms with Gasteiger partial charge in [-0.25, -0.2) is 0 Å². The van der Waals surface area contributed by atoms with E-state index in [1.807, 2.05) is 55.4 Å². The largest absolute Gasteiger partial charge is 0.256 e. The number of pyridine rings is 6. The standard InChI is InChI=1S/C66H60N6/c1-64(2,3)52-28-34-67-58(40-52)43-16-22-46(23-17-43)61-55(13-10-31-70-61)49-37-50(56-14-11-32-71-62(56)47-24-18-44(19-25-47)59-41-53(29-35-68-59)65(4,5)6)39-51(38-49)57-15-12-33-72-63(57)48-26-20-45(21-27-48)60-42-54(30-36-69-60)66(7,8)9/h10-42H,1-9H3. The van der Waals surface area contributed by atoms with Gasteiger partial charge in [0.2, 0.25) is 0 Å². The molecule has 4 aromatic carbocycles. The van der Waals surface area contributed by atoms with Crippen molar-refractivity contribution in [3.63, 3.8) is 0 Å². The van der Waals surface area contributed by atoms with Crippen molar-refractivity contribution >= 4 is 0 Å². The SMILES string of the molecule is CC(C)(C)c1ccnc(-c2ccc(-c3ncccc3-c3cc(-c4cccnc4-c4ccc(-c5cc(C(C)(C)C)ccn5)cc4)cc(-c4cccnc4-c4ccc(-c5cc(C(C)(C)C)ccn5)cc4)c3)cc2)c1. The van der Waals surface area contributed by atoms with E-state index < -0.39 is 0 Å². The van der Waals surface area contributed by atoms with Gasteiger partial charge < -0.3 is 0 Å². The summed E-state index contributed by atoms with van der Waals surface area (Å²) in [5.74, 6) is 0. The molecule has 0 fully saturated rings. The lowest BCUT2D eigenvalue weighted by atomic mass is 9.86. The van der Waals surface area contributed by atoms with Crippen LogP contribution in [0.4, 0.5) is 0 Å². The third-order valence-corrected chi connectivity index (χ3v) is 13.5. The van der Waals surface area contributed by atoms with E-state index in [4.69, 9.17) is 29.9 Å². The Labute approximate surface area is 425 Å². The summed E-state index contributed by atoms with van der Waals surface area (Å²) in [7, 11) is 0. The van der Waals surface area contributed by atoms with Gasteiger partial charge in [-0.1, -0.05) is 153 Å². The van der Waals surface area contributed by atoms with E-state index in [0.717, 1.165) is 101 Å². The summed E-state index contributed by atoms with van der Waals surface area (Å²) < 4.78 is 0. The second-order valence-corrected chi connectivity index (χ2v) is 21.8. The highest BCUT2D eigenvalue weighted by Crippen LogP contribution is 2.42. The predicted molar refractivity (Wildman–Crippen MR) is 298 cm³/mol. The van der Waals surface area contributed by atoms with Crippen molar-refractivity contribution in [3.8, 4) is 101 Å². The lowest BCUT2D eigenvalue weighted by molar-refractivity contribution is 0.589. The minimum absolute atomic E-state index is 0.0178. The van der Waals surface area contributed by atoms with Gasteiger partial charge in [-0.3, -0.25) is 29.9 Å². The van der Waals surface area contributed by atoms with Crippen LogP contribution in [0.2, 0.25) is 0 Å². The Hall–Kier alpha value is -8.22. The average Bonchev–Trinajstić information content (AvgIpc) is 3.40. The van der Waals surface area contributed by atoms with Crippen molar-refractivity contribution in [3.05, 3.63) is 218 Å². The zero-order chi connectivity index (χ0) is 50.2. The van der Waals surface area contributed by atoms with Crippen molar-refractivity contribution in [2.45, 2.75) is 78.6 Å². The molecular weight excluding hydrogens is 877 g/mol. The Bertz CT molecular complexity index is 3160. The highest BCUT2D eigenvalue weighted by molar-refractivity contribution is 5.92. The first-order chi connectivity index (χ1) is 34.6. The molecule has 10 aromatic rings. The fourth-order valence-corrected chi connectivity index (χ4v) is 9.26. The Morgan fingerprint density at radius 2 is 0.486 bits per heavy atom. The minimum atomic E-state index is 0.0178. The highest BCUT2D eigenvalue weighted by Gasteiger charge is 2.21. The fourth-order valence-electron chi connectivity index (χ4n) is 9.26. The Kier molecular flexibility index (Phi) is 12.6. The molecule has 0 aliphatic heterocycles. The van der Waals surface area contributed by atoms with Gasteiger partial charge in [0.05, 0.1) is 34.2 Å². The number of nitrogens with zero attached hydrogens (tertiary/aromatic N) is 6. The number of aromatic nitrogens is 6. The molecule has 6 heterocycles. The van der Waals surface area contributed by atoms with Crippen molar-refractivity contribution in [2.75, 3.05) is 0 Å².